The van der Waals surface area contributed by atoms with E-state index in [9.17, 15) is 13.2 Å². The maximum atomic E-state index is 12.9. The molecule has 2 amide bonds. The number of benzene rings is 3. The average molecular weight is 505 g/mol. The van der Waals surface area contributed by atoms with Crippen LogP contribution in [0.25, 0.3) is 0 Å². The molecule has 0 aliphatic carbocycles. The molecular formula is C24H24Cl2N3O3S+. The number of nitrogens with two attached hydrogens (primary N) is 1. The summed E-state index contributed by atoms with van der Waals surface area (Å²) in [6.45, 7) is 2.17. The van der Waals surface area contributed by atoms with Crippen molar-refractivity contribution in [1.82, 2.24) is 5.32 Å². The molecule has 1 aliphatic heterocycles. The Balaban J connectivity index is 1.37. The first-order valence-corrected chi connectivity index (χ1v) is 13.0. The molecular weight excluding hydrogens is 481 g/mol. The number of hydrogen-bond acceptors (Lipinski definition) is 3. The van der Waals surface area contributed by atoms with Crippen LogP contribution >= 0.6 is 23.2 Å². The maximum absolute atomic E-state index is 12.9. The van der Waals surface area contributed by atoms with Gasteiger partial charge in [-0.25, -0.2) is 13.2 Å². The summed E-state index contributed by atoms with van der Waals surface area (Å²) in [5.74, 6) is -0.0579. The molecule has 0 saturated carbocycles. The van der Waals surface area contributed by atoms with Crippen molar-refractivity contribution in [1.29, 1.82) is 0 Å². The van der Waals surface area contributed by atoms with Crippen molar-refractivity contribution in [3.8, 4) is 0 Å². The normalized spacial score (nSPS) is 13.3. The largest absolute Gasteiger partial charge is 0.342 e. The molecule has 0 radical (unpaired) electrons. The maximum Gasteiger partial charge on any atom is 0.319 e. The van der Waals surface area contributed by atoms with Crippen LogP contribution in [-0.4, -0.2) is 21.0 Å². The minimum atomic E-state index is -3.50. The van der Waals surface area contributed by atoms with Crippen LogP contribution in [0.3, 0.4) is 0 Å². The number of rotatable bonds is 6. The van der Waals surface area contributed by atoms with Crippen molar-refractivity contribution in [2.75, 3.05) is 11.9 Å². The third-order valence-corrected chi connectivity index (χ3v) is 8.11. The van der Waals surface area contributed by atoms with E-state index in [1.54, 1.807) is 30.3 Å². The van der Waals surface area contributed by atoms with Gasteiger partial charge in [0.1, 0.15) is 6.54 Å². The van der Waals surface area contributed by atoms with Crippen LogP contribution < -0.4 is 16.0 Å². The van der Waals surface area contributed by atoms with Gasteiger partial charge in [0.2, 0.25) is 0 Å². The molecule has 0 bridgehead atoms. The molecule has 1 heterocycles. The van der Waals surface area contributed by atoms with E-state index in [0.29, 0.717) is 21.3 Å². The number of hydrogen-bond donors (Lipinski definition) is 3. The fraction of sp³-hybridized carbons (Fsp3) is 0.208. The summed E-state index contributed by atoms with van der Waals surface area (Å²) >= 11 is 12.1. The van der Waals surface area contributed by atoms with E-state index in [1.807, 2.05) is 18.2 Å². The first-order chi connectivity index (χ1) is 15.8. The molecule has 0 unspecified atom stereocenters. The van der Waals surface area contributed by atoms with E-state index in [4.69, 9.17) is 23.2 Å². The standard InChI is InChI=1S/C24H23Cl2N3O3S/c25-22-3-1-2-19(23(22)26)14-28-24(30)29-20-6-8-21(9-7-20)33(31,32)15-16-4-5-18-13-27-11-10-17(18)12-16/h1-9,12,27H,10-11,13-15H2,(H2,28,29,30)/p+1. The number of quaternary nitrogens is 1. The molecule has 172 valence electrons. The number of halogens is 2. The molecule has 3 aromatic rings. The highest BCUT2D eigenvalue weighted by Gasteiger charge is 2.18. The molecule has 9 heteroatoms. The van der Waals surface area contributed by atoms with Gasteiger partial charge in [-0.2, -0.15) is 0 Å². The van der Waals surface area contributed by atoms with Crippen molar-refractivity contribution >= 4 is 44.8 Å². The van der Waals surface area contributed by atoms with E-state index in [1.165, 1.54) is 23.3 Å². The second-order valence-electron chi connectivity index (χ2n) is 7.94. The fourth-order valence-electron chi connectivity index (χ4n) is 3.80. The van der Waals surface area contributed by atoms with E-state index < -0.39 is 15.9 Å². The van der Waals surface area contributed by atoms with Crippen LogP contribution in [0.4, 0.5) is 10.5 Å². The zero-order chi connectivity index (χ0) is 23.4. The van der Waals surface area contributed by atoms with Gasteiger partial charge in [-0.15, -0.1) is 0 Å². The van der Waals surface area contributed by atoms with Gasteiger partial charge in [0.05, 0.1) is 27.2 Å². The van der Waals surface area contributed by atoms with Crippen molar-refractivity contribution in [2.24, 2.45) is 0 Å². The average Bonchev–Trinajstić information content (AvgIpc) is 2.80. The molecule has 0 fully saturated rings. The van der Waals surface area contributed by atoms with Crippen molar-refractivity contribution in [2.45, 2.75) is 30.2 Å². The lowest BCUT2D eigenvalue weighted by atomic mass is 9.99. The smallest absolute Gasteiger partial charge is 0.319 e. The Kier molecular flexibility index (Phi) is 7.24. The van der Waals surface area contributed by atoms with Crippen molar-refractivity contribution in [3.05, 3.63) is 93.0 Å². The van der Waals surface area contributed by atoms with Crippen LogP contribution in [0.2, 0.25) is 10.0 Å². The SMILES string of the molecule is O=C(NCc1cccc(Cl)c1Cl)Nc1ccc(S(=O)(=O)Cc2ccc3c(c2)CC[NH2+]C3)cc1. The summed E-state index contributed by atoms with van der Waals surface area (Å²) in [6.07, 6.45) is 0.954. The molecule has 1 aliphatic rings. The predicted molar refractivity (Wildman–Crippen MR) is 130 cm³/mol. The molecule has 4 rings (SSSR count). The molecule has 0 spiro atoms. The zero-order valence-electron chi connectivity index (χ0n) is 17.8. The number of sulfone groups is 1. The number of fused-ring (bicyclic) bond motifs is 1. The number of amides is 2. The highest BCUT2D eigenvalue weighted by molar-refractivity contribution is 7.90. The van der Waals surface area contributed by atoms with Crippen LogP contribution in [0, 0.1) is 0 Å². The summed E-state index contributed by atoms with van der Waals surface area (Å²) in [6, 6.07) is 16.8. The summed E-state index contributed by atoms with van der Waals surface area (Å²) < 4.78 is 25.8. The van der Waals surface area contributed by atoms with E-state index in [-0.39, 0.29) is 17.2 Å². The Hall–Kier alpha value is -2.58. The van der Waals surface area contributed by atoms with Gasteiger partial charge in [-0.05, 0) is 47.0 Å². The minimum absolute atomic E-state index is 0.0579. The summed E-state index contributed by atoms with van der Waals surface area (Å²) in [5.41, 5.74) is 4.47. The number of anilines is 1. The third kappa shape index (κ3) is 5.86. The molecule has 0 aromatic heterocycles. The molecule has 6 nitrogen and oxygen atoms in total. The van der Waals surface area contributed by atoms with Crippen LogP contribution in [0.5, 0.6) is 0 Å². The van der Waals surface area contributed by atoms with Gasteiger partial charge in [0, 0.05) is 24.2 Å². The molecule has 4 N–H and O–H groups in total. The lowest BCUT2D eigenvalue weighted by Crippen LogP contribution is -2.84. The predicted octanol–water partition coefficient (Wildman–Crippen LogP) is 3.91. The summed E-state index contributed by atoms with van der Waals surface area (Å²) in [7, 11) is -3.50. The van der Waals surface area contributed by atoms with Crippen molar-refractivity contribution < 1.29 is 18.5 Å². The Morgan fingerprint density at radius 1 is 1.00 bits per heavy atom. The monoisotopic (exact) mass is 504 g/mol. The summed E-state index contributed by atoms with van der Waals surface area (Å²) in [5, 5.41) is 8.45. The second kappa shape index (κ2) is 10.1. The summed E-state index contributed by atoms with van der Waals surface area (Å²) in [4.78, 5) is 12.4. The van der Waals surface area contributed by atoms with Gasteiger partial charge in [0.25, 0.3) is 0 Å². The number of urea groups is 1. The zero-order valence-corrected chi connectivity index (χ0v) is 20.1. The topological polar surface area (TPSA) is 91.9 Å². The van der Waals surface area contributed by atoms with Gasteiger partial charge < -0.3 is 16.0 Å². The Labute approximate surface area is 203 Å². The van der Waals surface area contributed by atoms with Crippen molar-refractivity contribution in [3.63, 3.8) is 0 Å². The number of nitrogens with one attached hydrogen (secondary N) is 2. The highest BCUT2D eigenvalue weighted by Crippen LogP contribution is 2.25. The first-order valence-electron chi connectivity index (χ1n) is 10.5. The minimum Gasteiger partial charge on any atom is -0.342 e. The van der Waals surface area contributed by atoms with E-state index in [2.05, 4.69) is 16.0 Å². The Morgan fingerprint density at radius 2 is 1.79 bits per heavy atom. The fourth-order valence-corrected chi connectivity index (χ4v) is 5.52. The Morgan fingerprint density at radius 3 is 2.58 bits per heavy atom. The second-order valence-corrected chi connectivity index (χ2v) is 10.7. The van der Waals surface area contributed by atoms with Crippen LogP contribution in [0.15, 0.2) is 65.6 Å². The lowest BCUT2D eigenvalue weighted by molar-refractivity contribution is -0.673. The third-order valence-electron chi connectivity index (χ3n) is 5.55. The van der Waals surface area contributed by atoms with Gasteiger partial charge >= 0.3 is 6.03 Å². The van der Waals surface area contributed by atoms with Gasteiger partial charge in [-0.3, -0.25) is 0 Å². The van der Waals surface area contributed by atoms with Gasteiger partial charge in [0.15, 0.2) is 9.84 Å². The van der Waals surface area contributed by atoms with E-state index >= 15 is 0 Å². The van der Waals surface area contributed by atoms with Crippen LogP contribution in [-0.2, 0) is 35.1 Å². The number of carbonyl (C=O) groups excluding carboxylic acids is 1. The molecule has 0 saturated heterocycles. The molecule has 0 atom stereocenters. The number of carbonyl (C=O) groups is 1. The van der Waals surface area contributed by atoms with Gasteiger partial charge in [-0.1, -0.05) is 53.5 Å². The lowest BCUT2D eigenvalue weighted by Gasteiger charge is -2.15. The quantitative estimate of drug-likeness (QED) is 0.475. The van der Waals surface area contributed by atoms with Crippen LogP contribution in [0.1, 0.15) is 22.3 Å². The molecule has 3 aromatic carbocycles. The molecule has 33 heavy (non-hydrogen) atoms. The Bertz CT molecular complexity index is 1280. The first kappa shape index (κ1) is 23.6. The van der Waals surface area contributed by atoms with E-state index in [0.717, 1.165) is 25.1 Å². The highest BCUT2D eigenvalue weighted by atomic mass is 35.5.